The van der Waals surface area contributed by atoms with Gasteiger partial charge in [0.15, 0.2) is 0 Å². The minimum absolute atomic E-state index is 0.738. The van der Waals surface area contributed by atoms with Gasteiger partial charge in [-0.15, -0.1) is 0 Å². The minimum Gasteiger partial charge on any atom is -0.344 e. The third-order valence-electron chi connectivity index (χ3n) is 5.79. The van der Waals surface area contributed by atoms with E-state index in [1.165, 1.54) is 11.1 Å². The fourth-order valence-corrected chi connectivity index (χ4v) is 4.19. The molecule has 4 aromatic heterocycles. The number of H-pyrrole nitrogens is 1. The lowest BCUT2D eigenvalue weighted by Gasteiger charge is -2.07. The van der Waals surface area contributed by atoms with Crippen LogP contribution in [0.2, 0.25) is 0 Å². The van der Waals surface area contributed by atoms with Crippen molar-refractivity contribution >= 4 is 33.0 Å². The Morgan fingerprint density at radius 3 is 2.56 bits per heavy atom. The Bertz CT molecular complexity index is 1630. The Morgan fingerprint density at radius 2 is 1.62 bits per heavy atom. The number of benzene rings is 2. The van der Waals surface area contributed by atoms with Gasteiger partial charge in [0.25, 0.3) is 0 Å². The summed E-state index contributed by atoms with van der Waals surface area (Å²) in [6.07, 6.45) is 4.48. The number of hydrogen-bond donors (Lipinski definition) is 1. The molecular weight excluding hydrogens is 394 g/mol. The van der Waals surface area contributed by atoms with E-state index in [-0.39, 0.29) is 0 Å². The molecule has 0 unspecified atom stereocenters. The molecule has 0 aliphatic carbocycles. The quantitative estimate of drug-likeness (QED) is 0.389. The molecule has 1 N–H and O–H groups in total. The molecule has 6 aromatic rings. The van der Waals surface area contributed by atoms with E-state index in [1.54, 1.807) is 0 Å². The van der Waals surface area contributed by atoms with Gasteiger partial charge in [0.05, 0.1) is 27.9 Å². The van der Waals surface area contributed by atoms with Gasteiger partial charge >= 0.3 is 0 Å². The first-order valence-electron chi connectivity index (χ1n) is 10.7. The molecule has 0 aliphatic rings. The van der Waals surface area contributed by atoms with Crippen LogP contribution in [0.5, 0.6) is 0 Å². The van der Waals surface area contributed by atoms with Crippen LogP contribution in [-0.2, 0) is 6.42 Å². The monoisotopic (exact) mass is 415 g/mol. The third kappa shape index (κ3) is 3.38. The fraction of sp³-hybridized carbons (Fsp3) is 0.111. The lowest BCUT2D eigenvalue weighted by atomic mass is 10.1. The number of rotatable bonds is 3. The lowest BCUT2D eigenvalue weighted by Crippen LogP contribution is -1.96. The summed E-state index contributed by atoms with van der Waals surface area (Å²) >= 11 is 0. The van der Waals surface area contributed by atoms with E-state index in [1.807, 2.05) is 25.4 Å². The van der Waals surface area contributed by atoms with Crippen LogP contribution in [0, 0.1) is 13.8 Å². The summed E-state index contributed by atoms with van der Waals surface area (Å²) in [6, 6.07) is 21.0. The van der Waals surface area contributed by atoms with Gasteiger partial charge in [-0.05, 0) is 67.4 Å². The largest absolute Gasteiger partial charge is 0.344 e. The molecule has 32 heavy (non-hydrogen) atoms. The molecule has 0 radical (unpaired) electrons. The van der Waals surface area contributed by atoms with Gasteiger partial charge in [-0.2, -0.15) is 0 Å². The smallest absolute Gasteiger partial charge is 0.137 e. The van der Waals surface area contributed by atoms with Crippen LogP contribution < -0.4 is 0 Å². The highest BCUT2D eigenvalue weighted by Crippen LogP contribution is 2.25. The average molecular weight is 416 g/mol. The van der Waals surface area contributed by atoms with Crippen molar-refractivity contribution in [2.45, 2.75) is 20.3 Å². The maximum Gasteiger partial charge on any atom is 0.137 e. The molecule has 4 heterocycles. The summed E-state index contributed by atoms with van der Waals surface area (Å²) in [4.78, 5) is 22.1. The Morgan fingerprint density at radius 1 is 0.719 bits per heavy atom. The molecule has 0 saturated carbocycles. The normalized spacial score (nSPS) is 11.6. The van der Waals surface area contributed by atoms with Crippen molar-refractivity contribution in [3.63, 3.8) is 0 Å². The number of fused-ring (bicyclic) bond motifs is 3. The van der Waals surface area contributed by atoms with Gasteiger partial charge in [-0.25, -0.2) is 15.0 Å². The predicted octanol–water partition coefficient (Wildman–Crippen LogP) is 5.93. The zero-order valence-electron chi connectivity index (χ0n) is 17.9. The second kappa shape index (κ2) is 7.24. The number of aryl methyl sites for hydroxylation is 2. The highest BCUT2D eigenvalue weighted by Gasteiger charge is 2.07. The maximum absolute atomic E-state index is 4.88. The van der Waals surface area contributed by atoms with E-state index in [2.05, 4.69) is 76.5 Å². The van der Waals surface area contributed by atoms with Crippen molar-refractivity contribution in [3.8, 4) is 11.3 Å². The molecule has 0 atom stereocenters. The van der Waals surface area contributed by atoms with E-state index in [0.29, 0.717) is 0 Å². The van der Waals surface area contributed by atoms with Crippen LogP contribution >= 0.6 is 0 Å². The summed E-state index contributed by atoms with van der Waals surface area (Å²) in [5, 5.41) is 2.21. The van der Waals surface area contributed by atoms with Crippen molar-refractivity contribution in [2.24, 2.45) is 0 Å². The fourth-order valence-electron chi connectivity index (χ4n) is 4.19. The highest BCUT2D eigenvalue weighted by molar-refractivity contribution is 5.85. The average Bonchev–Trinajstić information content (AvgIpc) is 3.17. The standard InChI is InChI=1S/C27H21N5/c1-16-3-6-25-26(9-16)31-22(15-28-25)12-18-4-7-23-19(11-18)5-8-24(32-23)21-13-20-10-17(2)30-27(20)29-14-21/h3-11,13-15H,12H2,1-2H3,(H,29,30). The van der Waals surface area contributed by atoms with E-state index in [9.17, 15) is 0 Å². The first-order chi connectivity index (χ1) is 15.6. The van der Waals surface area contributed by atoms with Crippen LogP contribution in [-0.4, -0.2) is 24.9 Å². The first-order valence-corrected chi connectivity index (χ1v) is 10.7. The van der Waals surface area contributed by atoms with Gasteiger partial charge < -0.3 is 4.98 Å². The number of hydrogen-bond acceptors (Lipinski definition) is 4. The van der Waals surface area contributed by atoms with Gasteiger partial charge in [0, 0.05) is 40.8 Å². The SMILES string of the molecule is Cc1ccc2ncc(Cc3ccc4nc(-c5cnc6[nH]c(C)cc6c5)ccc4c3)nc2c1. The maximum atomic E-state index is 4.88. The van der Waals surface area contributed by atoms with Crippen LogP contribution in [0.25, 0.3) is 44.2 Å². The number of pyridine rings is 2. The van der Waals surface area contributed by atoms with Crippen molar-refractivity contribution in [3.05, 3.63) is 95.6 Å². The Kier molecular flexibility index (Phi) is 4.21. The summed E-state index contributed by atoms with van der Waals surface area (Å²) in [5.41, 5.74) is 10.1. The van der Waals surface area contributed by atoms with Gasteiger partial charge in [0.1, 0.15) is 5.65 Å². The van der Waals surface area contributed by atoms with Crippen molar-refractivity contribution in [1.82, 2.24) is 24.9 Å². The summed E-state index contributed by atoms with van der Waals surface area (Å²) < 4.78 is 0. The summed E-state index contributed by atoms with van der Waals surface area (Å²) in [5.74, 6) is 0. The van der Waals surface area contributed by atoms with Gasteiger partial charge in [-0.1, -0.05) is 18.2 Å². The van der Waals surface area contributed by atoms with E-state index < -0.39 is 0 Å². The first kappa shape index (κ1) is 18.6. The summed E-state index contributed by atoms with van der Waals surface area (Å²) in [6.45, 7) is 4.11. The Hall–Kier alpha value is -4.12. The van der Waals surface area contributed by atoms with Gasteiger partial charge in [-0.3, -0.25) is 4.98 Å². The molecule has 6 rings (SSSR count). The molecule has 2 aromatic carbocycles. The molecule has 5 heteroatoms. The van der Waals surface area contributed by atoms with E-state index >= 15 is 0 Å². The highest BCUT2D eigenvalue weighted by atomic mass is 14.9. The molecule has 0 spiro atoms. The van der Waals surface area contributed by atoms with E-state index in [0.717, 1.165) is 62.0 Å². The van der Waals surface area contributed by atoms with Crippen LogP contribution in [0.1, 0.15) is 22.5 Å². The molecule has 0 bridgehead atoms. The van der Waals surface area contributed by atoms with E-state index in [4.69, 9.17) is 9.97 Å². The number of nitrogens with zero attached hydrogens (tertiary/aromatic N) is 4. The van der Waals surface area contributed by atoms with Crippen LogP contribution in [0.3, 0.4) is 0 Å². The molecule has 154 valence electrons. The molecule has 0 saturated heterocycles. The predicted molar refractivity (Wildman–Crippen MR) is 129 cm³/mol. The molecule has 0 amide bonds. The molecule has 0 fully saturated rings. The zero-order chi connectivity index (χ0) is 21.7. The second-order valence-corrected chi connectivity index (χ2v) is 8.37. The topological polar surface area (TPSA) is 67.3 Å². The van der Waals surface area contributed by atoms with Crippen molar-refractivity contribution in [1.29, 1.82) is 0 Å². The summed E-state index contributed by atoms with van der Waals surface area (Å²) in [7, 11) is 0. The third-order valence-corrected chi connectivity index (χ3v) is 5.79. The lowest BCUT2D eigenvalue weighted by molar-refractivity contribution is 1.07. The van der Waals surface area contributed by atoms with Crippen LogP contribution in [0.4, 0.5) is 0 Å². The van der Waals surface area contributed by atoms with Gasteiger partial charge in [0.2, 0.25) is 0 Å². The Balaban J connectivity index is 1.32. The Labute approximate surface area is 185 Å². The van der Waals surface area contributed by atoms with Crippen molar-refractivity contribution < 1.29 is 0 Å². The van der Waals surface area contributed by atoms with Crippen molar-refractivity contribution in [2.75, 3.05) is 0 Å². The second-order valence-electron chi connectivity index (χ2n) is 8.37. The molecule has 5 nitrogen and oxygen atoms in total. The number of nitrogens with one attached hydrogen (secondary N) is 1. The van der Waals surface area contributed by atoms with Crippen LogP contribution in [0.15, 0.2) is 73.1 Å². The minimum atomic E-state index is 0.738. The number of aromatic nitrogens is 5. The number of aromatic amines is 1. The zero-order valence-corrected chi connectivity index (χ0v) is 17.9. The molecule has 0 aliphatic heterocycles. The molecular formula is C27H21N5.